The highest BCUT2D eigenvalue weighted by Gasteiger charge is 2.15. The molecule has 0 fully saturated rings. The van der Waals surface area contributed by atoms with E-state index in [1.165, 1.54) is 18.2 Å². The minimum absolute atomic E-state index is 0.0306. The van der Waals surface area contributed by atoms with Crippen molar-refractivity contribution in [2.24, 2.45) is 0 Å². The normalized spacial score (nSPS) is 12.4. The van der Waals surface area contributed by atoms with Crippen molar-refractivity contribution in [3.63, 3.8) is 0 Å². The smallest absolute Gasteiger partial charge is 0.162 e. The lowest BCUT2D eigenvalue weighted by Crippen LogP contribution is -2.07. The van der Waals surface area contributed by atoms with Crippen LogP contribution in [0.4, 0.5) is 13.2 Å². The summed E-state index contributed by atoms with van der Waals surface area (Å²) in [5, 5.41) is 0.592. The van der Waals surface area contributed by atoms with Gasteiger partial charge in [-0.05, 0) is 41.7 Å². The molecular formula is C15H12BrF3. The van der Waals surface area contributed by atoms with E-state index in [4.69, 9.17) is 0 Å². The zero-order valence-electron chi connectivity index (χ0n) is 10.0. The van der Waals surface area contributed by atoms with Crippen molar-refractivity contribution in [3.05, 3.63) is 71.0 Å². The molecule has 4 heteroatoms. The molecule has 0 aliphatic heterocycles. The molecule has 0 heterocycles. The van der Waals surface area contributed by atoms with Crippen molar-refractivity contribution in [1.29, 1.82) is 0 Å². The van der Waals surface area contributed by atoms with Crippen LogP contribution in [0.3, 0.4) is 0 Å². The van der Waals surface area contributed by atoms with Gasteiger partial charge < -0.3 is 0 Å². The third-order valence-corrected chi connectivity index (χ3v) is 3.81. The van der Waals surface area contributed by atoms with Crippen LogP contribution in [0.15, 0.2) is 42.5 Å². The van der Waals surface area contributed by atoms with Crippen molar-refractivity contribution in [1.82, 2.24) is 0 Å². The van der Waals surface area contributed by atoms with Crippen LogP contribution in [0.2, 0.25) is 0 Å². The van der Waals surface area contributed by atoms with Gasteiger partial charge in [0.2, 0.25) is 0 Å². The summed E-state index contributed by atoms with van der Waals surface area (Å²) >= 11 is 3.36. The van der Waals surface area contributed by atoms with E-state index < -0.39 is 11.6 Å². The Hall–Kier alpha value is -1.29. The van der Waals surface area contributed by atoms with Crippen molar-refractivity contribution in [2.75, 3.05) is 5.33 Å². The Kier molecular flexibility index (Phi) is 4.64. The minimum Gasteiger partial charge on any atom is -0.207 e. The summed E-state index contributed by atoms with van der Waals surface area (Å²) in [7, 11) is 0. The number of alkyl halides is 1. The molecule has 1 unspecified atom stereocenters. The summed E-state index contributed by atoms with van der Waals surface area (Å²) in [4.78, 5) is 0. The second-order valence-electron chi connectivity index (χ2n) is 4.32. The van der Waals surface area contributed by atoms with Crippen LogP contribution in [-0.2, 0) is 6.42 Å². The Morgan fingerprint density at radius 3 is 2.26 bits per heavy atom. The molecule has 2 rings (SSSR count). The lowest BCUT2D eigenvalue weighted by Gasteiger charge is -2.15. The highest BCUT2D eigenvalue weighted by molar-refractivity contribution is 9.09. The molecule has 0 bridgehead atoms. The van der Waals surface area contributed by atoms with Gasteiger partial charge in [0.05, 0.1) is 0 Å². The molecule has 0 nitrogen and oxygen atoms in total. The fourth-order valence-electron chi connectivity index (χ4n) is 1.97. The first-order valence-electron chi connectivity index (χ1n) is 5.86. The molecule has 2 aromatic rings. The van der Waals surface area contributed by atoms with Crippen LogP contribution in [0.5, 0.6) is 0 Å². The summed E-state index contributed by atoms with van der Waals surface area (Å²) < 4.78 is 39.7. The van der Waals surface area contributed by atoms with E-state index in [2.05, 4.69) is 15.9 Å². The van der Waals surface area contributed by atoms with Crippen LogP contribution in [-0.4, -0.2) is 5.33 Å². The zero-order valence-corrected chi connectivity index (χ0v) is 11.6. The van der Waals surface area contributed by atoms with Crippen LogP contribution in [0, 0.1) is 17.5 Å². The van der Waals surface area contributed by atoms with Gasteiger partial charge in [0.25, 0.3) is 0 Å². The van der Waals surface area contributed by atoms with Crippen molar-refractivity contribution in [2.45, 2.75) is 12.3 Å². The van der Waals surface area contributed by atoms with Crippen LogP contribution in [0.1, 0.15) is 17.0 Å². The van der Waals surface area contributed by atoms with E-state index in [9.17, 15) is 13.2 Å². The SMILES string of the molecule is Fc1ccc(C(CBr)Cc2cccc(F)c2F)cc1. The van der Waals surface area contributed by atoms with Gasteiger partial charge in [-0.25, -0.2) is 13.2 Å². The summed E-state index contributed by atoms with van der Waals surface area (Å²) in [6, 6.07) is 10.2. The van der Waals surface area contributed by atoms with Crippen LogP contribution >= 0.6 is 15.9 Å². The molecule has 0 radical (unpaired) electrons. The van der Waals surface area contributed by atoms with Gasteiger partial charge in [-0.3, -0.25) is 0 Å². The van der Waals surface area contributed by atoms with Crippen LogP contribution < -0.4 is 0 Å². The average molecular weight is 329 g/mol. The number of hydrogen-bond acceptors (Lipinski definition) is 0. The predicted octanol–water partition coefficient (Wildman–Crippen LogP) is 4.83. The lowest BCUT2D eigenvalue weighted by molar-refractivity contribution is 0.495. The van der Waals surface area contributed by atoms with E-state index >= 15 is 0 Å². The first-order valence-corrected chi connectivity index (χ1v) is 6.98. The van der Waals surface area contributed by atoms with E-state index in [0.29, 0.717) is 17.3 Å². The lowest BCUT2D eigenvalue weighted by atomic mass is 9.93. The molecule has 0 saturated carbocycles. The number of hydrogen-bond donors (Lipinski definition) is 0. The largest absolute Gasteiger partial charge is 0.207 e. The third kappa shape index (κ3) is 3.38. The van der Waals surface area contributed by atoms with Gasteiger partial charge >= 0.3 is 0 Å². The molecule has 0 spiro atoms. The number of benzene rings is 2. The predicted molar refractivity (Wildman–Crippen MR) is 73.0 cm³/mol. The Morgan fingerprint density at radius 2 is 1.63 bits per heavy atom. The molecule has 0 aliphatic rings. The maximum Gasteiger partial charge on any atom is 0.162 e. The molecule has 2 aromatic carbocycles. The first kappa shape index (κ1) is 14.1. The minimum atomic E-state index is -0.843. The van der Waals surface area contributed by atoms with Crippen molar-refractivity contribution < 1.29 is 13.2 Å². The Labute approximate surface area is 118 Å². The molecule has 1 atom stereocenters. The van der Waals surface area contributed by atoms with E-state index in [1.54, 1.807) is 18.2 Å². The second-order valence-corrected chi connectivity index (χ2v) is 4.97. The maximum absolute atomic E-state index is 13.6. The molecule has 0 aliphatic carbocycles. The maximum atomic E-state index is 13.6. The molecule has 19 heavy (non-hydrogen) atoms. The molecular weight excluding hydrogens is 317 g/mol. The van der Waals surface area contributed by atoms with Gasteiger partial charge in [0.15, 0.2) is 11.6 Å². The highest BCUT2D eigenvalue weighted by Crippen LogP contribution is 2.25. The van der Waals surface area contributed by atoms with Crippen LogP contribution in [0.25, 0.3) is 0 Å². The quantitative estimate of drug-likeness (QED) is 0.705. The molecule has 0 amide bonds. The summed E-state index contributed by atoms with van der Waals surface area (Å²) in [5.74, 6) is -1.99. The van der Waals surface area contributed by atoms with Gasteiger partial charge in [-0.15, -0.1) is 0 Å². The molecule has 100 valence electrons. The van der Waals surface area contributed by atoms with E-state index in [-0.39, 0.29) is 11.7 Å². The Morgan fingerprint density at radius 1 is 0.947 bits per heavy atom. The fourth-order valence-corrected chi connectivity index (χ4v) is 2.57. The Bertz CT molecular complexity index is 552. The molecule has 0 saturated heterocycles. The standard InChI is InChI=1S/C15H12BrF3/c16-9-12(10-4-6-13(17)7-5-10)8-11-2-1-3-14(18)15(11)19/h1-7,12H,8-9H2. The molecule has 0 N–H and O–H groups in total. The number of rotatable bonds is 4. The summed E-state index contributed by atoms with van der Waals surface area (Å²) in [6.45, 7) is 0. The van der Waals surface area contributed by atoms with Gasteiger partial charge in [-0.2, -0.15) is 0 Å². The van der Waals surface area contributed by atoms with Gasteiger partial charge in [0.1, 0.15) is 5.82 Å². The van der Waals surface area contributed by atoms with E-state index in [1.807, 2.05) is 0 Å². The molecule has 0 aromatic heterocycles. The highest BCUT2D eigenvalue weighted by atomic mass is 79.9. The number of halogens is 4. The van der Waals surface area contributed by atoms with E-state index in [0.717, 1.165) is 11.6 Å². The topological polar surface area (TPSA) is 0 Å². The second kappa shape index (κ2) is 6.24. The first-order chi connectivity index (χ1) is 9.11. The fraction of sp³-hybridized carbons (Fsp3) is 0.200. The zero-order chi connectivity index (χ0) is 13.8. The van der Waals surface area contributed by atoms with Gasteiger partial charge in [0, 0.05) is 5.33 Å². The van der Waals surface area contributed by atoms with Crippen molar-refractivity contribution >= 4 is 15.9 Å². The van der Waals surface area contributed by atoms with Gasteiger partial charge in [-0.1, -0.05) is 40.2 Å². The Balaban J connectivity index is 2.24. The summed E-state index contributed by atoms with van der Waals surface area (Å²) in [6.07, 6.45) is 0.362. The average Bonchev–Trinajstić information content (AvgIpc) is 2.42. The monoisotopic (exact) mass is 328 g/mol. The summed E-state index contributed by atoms with van der Waals surface area (Å²) in [5.41, 5.74) is 1.22. The van der Waals surface area contributed by atoms with Crippen molar-refractivity contribution in [3.8, 4) is 0 Å². The third-order valence-electron chi connectivity index (χ3n) is 3.03.